The fourth-order valence-electron chi connectivity index (χ4n) is 3.72. The molecule has 0 fully saturated rings. The molecule has 0 saturated carbocycles. The lowest BCUT2D eigenvalue weighted by Gasteiger charge is -2.25. The van der Waals surface area contributed by atoms with E-state index in [4.69, 9.17) is 4.74 Å². The highest BCUT2D eigenvalue weighted by molar-refractivity contribution is 7.90. The standard InChI is InChI=1S/C24H23N3O7S/c1-17-8-14-21(15-9-17)35(32,33)25-24(34-2)23(19-6-4-3-5-7-19)22(16-26(28)29)18-10-12-20(13-11-18)27(30)31/h3-15,22-23H,16H2,1-2H3/b25-24-/t22-,23+/m0/s1. The Morgan fingerprint density at radius 3 is 2.03 bits per heavy atom. The molecular weight excluding hydrogens is 474 g/mol. The van der Waals surface area contributed by atoms with Crippen LogP contribution in [-0.4, -0.2) is 37.8 Å². The molecule has 0 saturated heterocycles. The predicted molar refractivity (Wildman–Crippen MR) is 130 cm³/mol. The Balaban J connectivity index is 2.19. The number of hydrogen-bond acceptors (Lipinski definition) is 7. The highest BCUT2D eigenvalue weighted by atomic mass is 32.2. The molecule has 3 rings (SSSR count). The third kappa shape index (κ3) is 6.27. The summed E-state index contributed by atoms with van der Waals surface area (Å²) < 4.78 is 35.5. The summed E-state index contributed by atoms with van der Waals surface area (Å²) in [7, 11) is -2.95. The Morgan fingerprint density at radius 2 is 1.51 bits per heavy atom. The maximum atomic E-state index is 13.1. The molecule has 3 aromatic rings. The highest BCUT2D eigenvalue weighted by Gasteiger charge is 2.36. The van der Waals surface area contributed by atoms with Gasteiger partial charge in [-0.2, -0.15) is 8.42 Å². The number of sulfonamides is 1. The van der Waals surface area contributed by atoms with Gasteiger partial charge in [0.05, 0.1) is 28.8 Å². The van der Waals surface area contributed by atoms with Gasteiger partial charge in [-0.15, -0.1) is 4.40 Å². The second kappa shape index (κ2) is 10.9. The second-order valence-electron chi connectivity index (χ2n) is 7.78. The van der Waals surface area contributed by atoms with Crippen molar-refractivity contribution < 1.29 is 23.0 Å². The molecule has 0 amide bonds. The van der Waals surface area contributed by atoms with E-state index in [0.717, 1.165) is 5.56 Å². The Kier molecular flexibility index (Phi) is 7.92. The van der Waals surface area contributed by atoms with Crippen LogP contribution in [0.25, 0.3) is 0 Å². The lowest BCUT2D eigenvalue weighted by Crippen LogP contribution is -2.28. The van der Waals surface area contributed by atoms with Crippen molar-refractivity contribution in [2.75, 3.05) is 13.7 Å². The Bertz CT molecular complexity index is 1320. The van der Waals surface area contributed by atoms with E-state index >= 15 is 0 Å². The molecule has 2 atom stereocenters. The van der Waals surface area contributed by atoms with Gasteiger partial charge in [-0.1, -0.05) is 60.2 Å². The summed E-state index contributed by atoms with van der Waals surface area (Å²) in [5.41, 5.74) is 1.63. The van der Waals surface area contributed by atoms with Gasteiger partial charge in [-0.25, -0.2) is 0 Å². The van der Waals surface area contributed by atoms with Crippen LogP contribution < -0.4 is 0 Å². The van der Waals surface area contributed by atoms with E-state index in [0.29, 0.717) is 11.1 Å². The van der Waals surface area contributed by atoms with Crippen LogP contribution in [0.5, 0.6) is 0 Å². The number of non-ortho nitro benzene ring substituents is 1. The van der Waals surface area contributed by atoms with Crippen molar-refractivity contribution in [3.8, 4) is 0 Å². The van der Waals surface area contributed by atoms with Crippen molar-refractivity contribution in [1.29, 1.82) is 0 Å². The Labute approximate surface area is 202 Å². The number of rotatable bonds is 9. The van der Waals surface area contributed by atoms with Gasteiger partial charge in [-0.05, 0) is 30.2 Å². The first-order valence-electron chi connectivity index (χ1n) is 10.5. The van der Waals surface area contributed by atoms with Crippen molar-refractivity contribution in [2.24, 2.45) is 4.40 Å². The smallest absolute Gasteiger partial charge is 0.285 e. The van der Waals surface area contributed by atoms with E-state index < -0.39 is 38.3 Å². The van der Waals surface area contributed by atoms with Gasteiger partial charge in [0, 0.05) is 17.1 Å². The average molecular weight is 498 g/mol. The minimum Gasteiger partial charge on any atom is -0.483 e. The van der Waals surface area contributed by atoms with Gasteiger partial charge >= 0.3 is 0 Å². The van der Waals surface area contributed by atoms with E-state index in [1.165, 1.54) is 43.5 Å². The topological polar surface area (TPSA) is 142 Å². The largest absolute Gasteiger partial charge is 0.483 e. The van der Waals surface area contributed by atoms with Crippen molar-refractivity contribution in [3.05, 3.63) is 116 Å². The molecule has 0 aliphatic carbocycles. The minimum atomic E-state index is -4.20. The van der Waals surface area contributed by atoms with Crippen LogP contribution in [0.1, 0.15) is 28.5 Å². The number of aryl methyl sites for hydroxylation is 1. The number of nitro benzene ring substituents is 1. The first-order chi connectivity index (χ1) is 16.6. The van der Waals surface area contributed by atoms with Crippen LogP contribution in [0.2, 0.25) is 0 Å². The first-order valence-corrected chi connectivity index (χ1v) is 11.9. The van der Waals surface area contributed by atoms with Crippen LogP contribution in [0.15, 0.2) is 88.2 Å². The summed E-state index contributed by atoms with van der Waals surface area (Å²) in [6, 6.07) is 20.0. The molecule has 0 aliphatic rings. The number of hydrogen-bond donors (Lipinski definition) is 0. The molecule has 10 nitrogen and oxygen atoms in total. The van der Waals surface area contributed by atoms with Gasteiger partial charge in [0.2, 0.25) is 12.4 Å². The molecule has 0 spiro atoms. The van der Waals surface area contributed by atoms with E-state index in [1.807, 2.05) is 6.92 Å². The average Bonchev–Trinajstić information content (AvgIpc) is 2.83. The minimum absolute atomic E-state index is 0.0503. The fourth-order valence-corrected chi connectivity index (χ4v) is 4.73. The van der Waals surface area contributed by atoms with Crippen LogP contribution in [0.4, 0.5) is 5.69 Å². The van der Waals surface area contributed by atoms with Crippen molar-refractivity contribution in [1.82, 2.24) is 0 Å². The molecule has 0 radical (unpaired) electrons. The zero-order valence-corrected chi connectivity index (χ0v) is 19.8. The quantitative estimate of drug-likeness (QED) is 0.184. The summed E-state index contributed by atoms with van der Waals surface area (Å²) in [5, 5.41) is 22.7. The number of methoxy groups -OCH3 is 1. The molecular formula is C24H23N3O7S. The lowest BCUT2D eigenvalue weighted by atomic mass is 9.81. The zero-order valence-electron chi connectivity index (χ0n) is 19.0. The summed E-state index contributed by atoms with van der Waals surface area (Å²) >= 11 is 0. The first kappa shape index (κ1) is 25.5. The molecule has 0 aliphatic heterocycles. The lowest BCUT2D eigenvalue weighted by molar-refractivity contribution is -0.483. The Morgan fingerprint density at radius 1 is 0.914 bits per heavy atom. The van der Waals surface area contributed by atoms with Gasteiger partial charge in [0.15, 0.2) is 0 Å². The van der Waals surface area contributed by atoms with E-state index in [2.05, 4.69) is 4.40 Å². The Hall–Kier alpha value is -4.12. The van der Waals surface area contributed by atoms with E-state index in [-0.39, 0.29) is 16.5 Å². The third-order valence-electron chi connectivity index (χ3n) is 5.44. The van der Waals surface area contributed by atoms with Crippen molar-refractivity contribution in [2.45, 2.75) is 23.7 Å². The highest BCUT2D eigenvalue weighted by Crippen LogP contribution is 2.36. The van der Waals surface area contributed by atoms with Crippen LogP contribution in [-0.2, 0) is 14.8 Å². The fraction of sp³-hybridized carbons (Fsp3) is 0.208. The molecule has 0 N–H and O–H groups in total. The molecule has 3 aromatic carbocycles. The molecule has 0 aromatic heterocycles. The maximum absolute atomic E-state index is 13.1. The number of ether oxygens (including phenoxy) is 1. The van der Waals surface area contributed by atoms with Crippen LogP contribution >= 0.6 is 0 Å². The van der Waals surface area contributed by atoms with Crippen LogP contribution in [0, 0.1) is 27.2 Å². The molecule has 35 heavy (non-hydrogen) atoms. The monoisotopic (exact) mass is 497 g/mol. The maximum Gasteiger partial charge on any atom is 0.285 e. The SMILES string of the molecule is CO/C(=N\S(=O)(=O)c1ccc(C)cc1)[C@H](c1ccccc1)[C@@H](C[N+](=O)[O-])c1ccc([N+](=O)[O-])cc1. The summed E-state index contributed by atoms with van der Waals surface area (Å²) in [5.74, 6) is -2.13. The third-order valence-corrected chi connectivity index (χ3v) is 6.73. The van der Waals surface area contributed by atoms with Gasteiger partial charge in [-0.3, -0.25) is 20.2 Å². The molecule has 182 valence electrons. The number of benzene rings is 3. The number of nitro groups is 2. The van der Waals surface area contributed by atoms with E-state index in [9.17, 15) is 28.6 Å². The molecule has 11 heteroatoms. The molecule has 0 bridgehead atoms. The normalized spacial score (nSPS) is 13.6. The van der Waals surface area contributed by atoms with Gasteiger partial charge in [0.1, 0.15) is 0 Å². The predicted octanol–water partition coefficient (Wildman–Crippen LogP) is 4.48. The van der Waals surface area contributed by atoms with Crippen LogP contribution in [0.3, 0.4) is 0 Å². The summed E-state index contributed by atoms with van der Waals surface area (Å²) in [4.78, 5) is 21.6. The molecule has 0 unspecified atom stereocenters. The van der Waals surface area contributed by atoms with Gasteiger partial charge < -0.3 is 4.74 Å². The summed E-state index contributed by atoms with van der Waals surface area (Å²) in [6.07, 6.45) is 0. The zero-order chi connectivity index (χ0) is 25.6. The van der Waals surface area contributed by atoms with E-state index in [1.54, 1.807) is 42.5 Å². The van der Waals surface area contributed by atoms with Crippen molar-refractivity contribution >= 4 is 21.6 Å². The van der Waals surface area contributed by atoms with Gasteiger partial charge in [0.25, 0.3) is 15.7 Å². The number of nitrogens with zero attached hydrogens (tertiary/aromatic N) is 3. The molecule has 0 heterocycles. The van der Waals surface area contributed by atoms with Crippen molar-refractivity contribution in [3.63, 3.8) is 0 Å². The second-order valence-corrected chi connectivity index (χ2v) is 9.38. The summed E-state index contributed by atoms with van der Waals surface area (Å²) in [6.45, 7) is 1.22.